The molecule has 1 aliphatic rings. The lowest BCUT2D eigenvalue weighted by Gasteiger charge is -2.33. The number of halogens is 3. The Bertz CT molecular complexity index is 1730. The number of aromatic amines is 1. The van der Waals surface area contributed by atoms with Crippen molar-refractivity contribution in [2.75, 3.05) is 51.4 Å². The maximum atomic E-state index is 12.9. The van der Waals surface area contributed by atoms with Crippen molar-refractivity contribution in [2.45, 2.75) is 64.8 Å². The highest BCUT2D eigenvalue weighted by atomic mass is 32.2. The Morgan fingerprint density at radius 3 is 2.30 bits per heavy atom. The van der Waals surface area contributed by atoms with Crippen molar-refractivity contribution in [2.24, 2.45) is 0 Å². The quantitative estimate of drug-likeness (QED) is 0.208. The van der Waals surface area contributed by atoms with Crippen LogP contribution in [0.25, 0.3) is 22.3 Å². The number of likely N-dealkylation sites (tertiary alicyclic amines) is 1. The number of alkyl halides is 3. The second-order valence-electron chi connectivity index (χ2n) is 12.4. The summed E-state index contributed by atoms with van der Waals surface area (Å²) < 4.78 is 63.5. The second-order valence-corrected chi connectivity index (χ2v) is 14.2. The van der Waals surface area contributed by atoms with Gasteiger partial charge in [0.2, 0.25) is 10.0 Å². The normalized spacial score (nSPS) is 15.4. The third-order valence-electron chi connectivity index (χ3n) is 8.48. The minimum atomic E-state index is -4.37. The second kappa shape index (κ2) is 15.2. The zero-order chi connectivity index (χ0) is 34.5. The van der Waals surface area contributed by atoms with Gasteiger partial charge in [-0.2, -0.15) is 18.3 Å². The van der Waals surface area contributed by atoms with Crippen molar-refractivity contribution in [3.8, 4) is 11.3 Å². The minimum absolute atomic E-state index is 0.326. The molecule has 0 aliphatic carbocycles. The van der Waals surface area contributed by atoms with E-state index in [1.165, 1.54) is 17.7 Å². The van der Waals surface area contributed by atoms with Gasteiger partial charge in [-0.25, -0.2) is 18.1 Å². The van der Waals surface area contributed by atoms with Gasteiger partial charge < -0.3 is 19.9 Å². The molecule has 0 amide bonds. The van der Waals surface area contributed by atoms with Gasteiger partial charge in [-0.1, -0.05) is 19.1 Å². The van der Waals surface area contributed by atoms with Gasteiger partial charge in [0.1, 0.15) is 5.82 Å². The van der Waals surface area contributed by atoms with Crippen LogP contribution < -0.4 is 9.62 Å². The van der Waals surface area contributed by atoms with Gasteiger partial charge in [0.15, 0.2) is 0 Å². The average Bonchev–Trinajstić information content (AvgIpc) is 3.56. The number of aromatic nitrogens is 4. The standard InChI is InChI=1S/C29H35F3N6O.C4H11NO2S/c1-18-19(2)38(35-27(18)21-5-7-22(8-6-21)29(30,31)32)17-23(39)16-37-13-11-20(12-14-37)24-15-33-25-9-10-26(36(3)4)34-28(24)25;1-3-4-5-8(2,6)7/h5-10,15,20,23,33,39H,11-14,16-17H2,1-4H3;5H,3-4H2,1-2H3. The van der Waals surface area contributed by atoms with Gasteiger partial charge in [-0.05, 0) is 87.5 Å². The largest absolute Gasteiger partial charge is 0.416 e. The topological polar surface area (TPSA) is 119 Å². The Kier molecular flexibility index (Phi) is 11.7. The number of rotatable bonds is 10. The fraction of sp³-hybridized carbons (Fsp3) is 0.515. The predicted molar refractivity (Wildman–Crippen MR) is 180 cm³/mol. The fourth-order valence-electron chi connectivity index (χ4n) is 5.74. The first-order chi connectivity index (χ1) is 22.1. The number of nitrogens with zero attached hydrogens (tertiary/aromatic N) is 5. The zero-order valence-electron chi connectivity index (χ0n) is 27.9. The molecular formula is C33H46F3N7O3S. The Morgan fingerprint density at radius 1 is 1.09 bits per heavy atom. The molecule has 1 saturated heterocycles. The van der Waals surface area contributed by atoms with Crippen LogP contribution in [0.1, 0.15) is 54.5 Å². The van der Waals surface area contributed by atoms with Crippen molar-refractivity contribution < 1.29 is 26.7 Å². The first kappa shape index (κ1) is 36.4. The molecule has 1 aliphatic heterocycles. The van der Waals surface area contributed by atoms with E-state index < -0.39 is 27.9 Å². The van der Waals surface area contributed by atoms with E-state index in [4.69, 9.17) is 4.98 Å². The van der Waals surface area contributed by atoms with E-state index in [0.717, 1.165) is 78.8 Å². The lowest BCUT2D eigenvalue weighted by Crippen LogP contribution is -2.40. The number of fused-ring (bicyclic) bond motifs is 1. The highest BCUT2D eigenvalue weighted by Crippen LogP contribution is 2.34. The first-order valence-corrected chi connectivity index (χ1v) is 17.7. The number of aliphatic hydroxyl groups excluding tert-OH is 1. The average molecular weight is 678 g/mol. The number of anilines is 1. The molecule has 3 N–H and O–H groups in total. The maximum Gasteiger partial charge on any atom is 0.416 e. The van der Waals surface area contributed by atoms with Gasteiger partial charge in [-0.3, -0.25) is 4.68 Å². The first-order valence-electron chi connectivity index (χ1n) is 15.8. The van der Waals surface area contributed by atoms with Crippen LogP contribution in [0, 0.1) is 13.8 Å². The highest BCUT2D eigenvalue weighted by Gasteiger charge is 2.30. The molecule has 0 radical (unpaired) electrons. The van der Waals surface area contributed by atoms with Crippen molar-refractivity contribution in [1.82, 2.24) is 29.4 Å². The van der Waals surface area contributed by atoms with Crippen LogP contribution in [0.5, 0.6) is 0 Å². The van der Waals surface area contributed by atoms with E-state index in [0.29, 0.717) is 36.8 Å². The summed E-state index contributed by atoms with van der Waals surface area (Å²) in [4.78, 5) is 12.5. The van der Waals surface area contributed by atoms with Crippen molar-refractivity contribution >= 4 is 26.9 Å². The zero-order valence-corrected chi connectivity index (χ0v) is 28.7. The van der Waals surface area contributed by atoms with Crippen LogP contribution in [0.3, 0.4) is 0 Å². The predicted octanol–water partition coefficient (Wildman–Crippen LogP) is 5.31. The Hall–Kier alpha value is -3.46. The van der Waals surface area contributed by atoms with E-state index in [1.807, 2.05) is 45.8 Å². The Labute approximate surface area is 275 Å². The maximum absolute atomic E-state index is 12.9. The summed E-state index contributed by atoms with van der Waals surface area (Å²) in [6.45, 7) is 8.92. The number of hydrogen-bond donors (Lipinski definition) is 3. The number of piperidine rings is 1. The van der Waals surface area contributed by atoms with E-state index in [1.54, 1.807) is 4.68 Å². The summed E-state index contributed by atoms with van der Waals surface area (Å²) in [5.41, 5.74) is 5.72. The molecule has 10 nitrogen and oxygen atoms in total. The van der Waals surface area contributed by atoms with E-state index in [9.17, 15) is 26.7 Å². The molecule has 1 aromatic carbocycles. The van der Waals surface area contributed by atoms with E-state index in [-0.39, 0.29) is 0 Å². The molecular weight excluding hydrogens is 631 g/mol. The van der Waals surface area contributed by atoms with Crippen molar-refractivity contribution in [1.29, 1.82) is 0 Å². The Morgan fingerprint density at radius 2 is 1.74 bits per heavy atom. The monoisotopic (exact) mass is 677 g/mol. The molecule has 4 heterocycles. The molecule has 3 aromatic heterocycles. The number of H-pyrrole nitrogens is 1. The number of aliphatic hydroxyl groups is 1. The minimum Gasteiger partial charge on any atom is -0.390 e. The van der Waals surface area contributed by atoms with Gasteiger partial charge in [0, 0.05) is 44.6 Å². The highest BCUT2D eigenvalue weighted by molar-refractivity contribution is 7.88. The fourth-order valence-corrected chi connectivity index (χ4v) is 6.32. The summed E-state index contributed by atoms with van der Waals surface area (Å²) in [6, 6.07) is 9.15. The number of β-amino-alcohol motifs (C(OH)–C–C–N with tert-alkyl or cyclic N) is 1. The SMILES string of the molecule is CCCNS(C)(=O)=O.Cc1c(-c2ccc(C(F)(F)F)cc2)nn(CC(O)CN2CCC(c3c[nH]c4ccc(N(C)C)nc34)CC2)c1C. The van der Waals surface area contributed by atoms with Crippen LogP contribution in [0.2, 0.25) is 0 Å². The van der Waals surface area contributed by atoms with Gasteiger partial charge >= 0.3 is 6.18 Å². The molecule has 1 atom stereocenters. The molecule has 4 aromatic rings. The van der Waals surface area contributed by atoms with Crippen LogP contribution >= 0.6 is 0 Å². The number of nitrogens with one attached hydrogen (secondary N) is 2. The third-order valence-corrected chi connectivity index (χ3v) is 9.21. The van der Waals surface area contributed by atoms with E-state index >= 15 is 0 Å². The lowest BCUT2D eigenvalue weighted by molar-refractivity contribution is -0.137. The molecule has 258 valence electrons. The number of hydrogen-bond acceptors (Lipinski definition) is 7. The molecule has 0 bridgehead atoms. The van der Waals surface area contributed by atoms with Crippen molar-refractivity contribution in [3.63, 3.8) is 0 Å². The number of sulfonamides is 1. The van der Waals surface area contributed by atoms with E-state index in [2.05, 4.69) is 32.0 Å². The van der Waals surface area contributed by atoms with Gasteiger partial charge in [0.25, 0.3) is 0 Å². The Balaban J connectivity index is 0.000000555. The molecule has 0 spiro atoms. The van der Waals surface area contributed by atoms with Crippen LogP contribution in [0.15, 0.2) is 42.6 Å². The smallest absolute Gasteiger partial charge is 0.390 e. The third kappa shape index (κ3) is 9.55. The van der Waals surface area contributed by atoms with Crippen LogP contribution in [-0.4, -0.2) is 90.8 Å². The van der Waals surface area contributed by atoms with Gasteiger partial charge in [-0.15, -0.1) is 0 Å². The summed E-state index contributed by atoms with van der Waals surface area (Å²) >= 11 is 0. The molecule has 1 fully saturated rings. The summed E-state index contributed by atoms with van der Waals surface area (Å²) in [7, 11) is 1.05. The molecule has 5 rings (SSSR count). The number of benzene rings is 1. The molecule has 1 unspecified atom stereocenters. The van der Waals surface area contributed by atoms with Crippen molar-refractivity contribution in [3.05, 3.63) is 65.0 Å². The summed E-state index contributed by atoms with van der Waals surface area (Å²) in [6.07, 6.45) is 1.08. The van der Waals surface area contributed by atoms with Gasteiger partial charge in [0.05, 0.1) is 41.2 Å². The molecule has 0 saturated carbocycles. The van der Waals surface area contributed by atoms with Crippen LogP contribution in [0.4, 0.5) is 19.0 Å². The summed E-state index contributed by atoms with van der Waals surface area (Å²) in [5, 5.41) is 15.5. The molecule has 47 heavy (non-hydrogen) atoms. The number of pyridine rings is 1. The molecule has 14 heteroatoms. The van der Waals surface area contributed by atoms with Crippen LogP contribution in [-0.2, 0) is 22.7 Å². The lowest BCUT2D eigenvalue weighted by atomic mass is 9.90. The summed E-state index contributed by atoms with van der Waals surface area (Å²) in [5.74, 6) is 1.36.